The van der Waals surface area contributed by atoms with Gasteiger partial charge in [0.15, 0.2) is 5.96 Å². The van der Waals surface area contributed by atoms with Crippen molar-refractivity contribution < 1.29 is 4.79 Å². The molecule has 0 spiro atoms. The zero-order valence-corrected chi connectivity index (χ0v) is 5.87. The maximum atomic E-state index is 10.5. The smallest absolute Gasteiger partial charge is 0.242 e. The maximum absolute atomic E-state index is 10.5. The van der Waals surface area contributed by atoms with Gasteiger partial charge in [-0.2, -0.15) is 0 Å². The molecule has 6 N–H and O–H groups in total. The van der Waals surface area contributed by atoms with Gasteiger partial charge in [-0.25, -0.2) is 4.99 Å². The topological polar surface area (TPSA) is 107 Å². The molecule has 0 saturated heterocycles. The van der Waals surface area contributed by atoms with E-state index in [0.29, 0.717) is 6.42 Å². The Morgan fingerprint density at radius 1 is 1.50 bits per heavy atom. The Kier molecular flexibility index (Phi) is 3.24. The van der Waals surface area contributed by atoms with Crippen LogP contribution in [0.4, 0.5) is 0 Å². The van der Waals surface area contributed by atoms with Gasteiger partial charge in [0.25, 0.3) is 0 Å². The average Bonchev–Trinajstić information content (AvgIpc) is 1.81. The third-order valence-corrected chi connectivity index (χ3v) is 1.02. The van der Waals surface area contributed by atoms with Crippen LogP contribution < -0.4 is 17.2 Å². The number of aliphatic imine (C=N–C) groups is 1. The summed E-state index contributed by atoms with van der Waals surface area (Å²) in [6, 6.07) is -0.579. The van der Waals surface area contributed by atoms with Gasteiger partial charge in [-0.15, -0.1) is 0 Å². The largest absolute Gasteiger partial charge is 0.370 e. The number of amides is 1. The van der Waals surface area contributed by atoms with Crippen LogP contribution >= 0.6 is 0 Å². The zero-order valence-electron chi connectivity index (χ0n) is 5.87. The Hall–Kier alpha value is -1.26. The van der Waals surface area contributed by atoms with Crippen molar-refractivity contribution in [2.45, 2.75) is 19.4 Å². The van der Waals surface area contributed by atoms with Gasteiger partial charge in [0.2, 0.25) is 5.91 Å². The Bertz CT molecular complexity index is 150. The van der Waals surface area contributed by atoms with Crippen molar-refractivity contribution >= 4 is 11.9 Å². The fourth-order valence-electron chi connectivity index (χ4n) is 0.536. The summed E-state index contributed by atoms with van der Waals surface area (Å²) in [5.41, 5.74) is 15.0. The molecule has 1 atom stereocenters. The lowest BCUT2D eigenvalue weighted by Gasteiger charge is -2.03. The molecular formula is C5H12N4O. The van der Waals surface area contributed by atoms with Gasteiger partial charge in [-0.3, -0.25) is 4.79 Å². The third-order valence-electron chi connectivity index (χ3n) is 1.02. The zero-order chi connectivity index (χ0) is 8.15. The molecule has 0 heterocycles. The van der Waals surface area contributed by atoms with E-state index < -0.39 is 11.9 Å². The third kappa shape index (κ3) is 2.91. The van der Waals surface area contributed by atoms with E-state index in [0.717, 1.165) is 0 Å². The minimum Gasteiger partial charge on any atom is -0.370 e. The first-order chi connectivity index (χ1) is 4.57. The summed E-state index contributed by atoms with van der Waals surface area (Å²) in [7, 11) is 0. The van der Waals surface area contributed by atoms with Gasteiger partial charge in [0.05, 0.1) is 0 Å². The second kappa shape index (κ2) is 3.71. The first kappa shape index (κ1) is 8.74. The molecule has 0 radical (unpaired) electrons. The average molecular weight is 144 g/mol. The summed E-state index contributed by atoms with van der Waals surface area (Å²) in [6.07, 6.45) is 0.521. The lowest BCUT2D eigenvalue weighted by atomic mass is 10.2. The summed E-state index contributed by atoms with van der Waals surface area (Å²) in [4.78, 5) is 14.1. The molecule has 0 aromatic carbocycles. The highest BCUT2D eigenvalue weighted by Gasteiger charge is 2.09. The fraction of sp³-hybridized carbons (Fsp3) is 0.600. The number of nitrogens with zero attached hydrogens (tertiary/aromatic N) is 1. The lowest BCUT2D eigenvalue weighted by molar-refractivity contribution is -0.119. The van der Waals surface area contributed by atoms with Gasteiger partial charge < -0.3 is 17.2 Å². The predicted octanol–water partition coefficient (Wildman–Crippen LogP) is -1.48. The van der Waals surface area contributed by atoms with E-state index in [2.05, 4.69) is 4.99 Å². The Morgan fingerprint density at radius 2 is 2.00 bits per heavy atom. The number of primary amides is 1. The van der Waals surface area contributed by atoms with Gasteiger partial charge in [0.1, 0.15) is 6.04 Å². The number of hydrogen-bond donors (Lipinski definition) is 3. The highest BCUT2D eigenvalue weighted by molar-refractivity contribution is 5.84. The summed E-state index contributed by atoms with van der Waals surface area (Å²) < 4.78 is 0. The normalized spacial score (nSPS) is 12.1. The Balaban J connectivity index is 4.09. The molecule has 1 amide bonds. The standard InChI is InChI=1S/C5H12N4O/c1-2-3(4(6)10)9-5(7)8/h3H,2H2,1H3,(H2,6,10)(H4,7,8,9). The van der Waals surface area contributed by atoms with Gasteiger partial charge in [-0.05, 0) is 6.42 Å². The molecule has 5 nitrogen and oxygen atoms in total. The van der Waals surface area contributed by atoms with Gasteiger partial charge in [0, 0.05) is 0 Å². The highest BCUT2D eigenvalue weighted by atomic mass is 16.1. The van der Waals surface area contributed by atoms with Crippen molar-refractivity contribution in [1.29, 1.82) is 0 Å². The minimum atomic E-state index is -0.579. The lowest BCUT2D eigenvalue weighted by Crippen LogP contribution is -2.32. The number of hydrogen-bond acceptors (Lipinski definition) is 2. The number of nitrogens with two attached hydrogens (primary N) is 3. The summed E-state index contributed by atoms with van der Waals surface area (Å²) in [5.74, 6) is -0.610. The van der Waals surface area contributed by atoms with Crippen molar-refractivity contribution in [1.82, 2.24) is 0 Å². The van der Waals surface area contributed by atoms with Crippen LogP contribution in [0.2, 0.25) is 0 Å². The van der Waals surface area contributed by atoms with E-state index in [1.54, 1.807) is 6.92 Å². The van der Waals surface area contributed by atoms with Gasteiger partial charge >= 0.3 is 0 Å². The monoisotopic (exact) mass is 144 g/mol. The van der Waals surface area contributed by atoms with Crippen LogP contribution in [0.25, 0.3) is 0 Å². The maximum Gasteiger partial charge on any atom is 0.242 e. The molecule has 1 unspecified atom stereocenters. The Labute approximate surface area is 59.3 Å². The molecule has 58 valence electrons. The molecule has 10 heavy (non-hydrogen) atoms. The van der Waals surface area contributed by atoms with Crippen LogP contribution in [-0.4, -0.2) is 17.9 Å². The second-order valence-corrected chi connectivity index (χ2v) is 1.88. The number of carbonyl (C=O) groups excluding carboxylic acids is 1. The number of rotatable bonds is 3. The van der Waals surface area contributed by atoms with E-state index in [1.165, 1.54) is 0 Å². The van der Waals surface area contributed by atoms with Crippen molar-refractivity contribution in [3.63, 3.8) is 0 Å². The van der Waals surface area contributed by atoms with Crippen LogP contribution in [0, 0.1) is 0 Å². The Morgan fingerprint density at radius 3 is 2.10 bits per heavy atom. The second-order valence-electron chi connectivity index (χ2n) is 1.88. The number of guanidine groups is 1. The molecule has 0 aliphatic carbocycles. The van der Waals surface area contributed by atoms with Crippen LogP contribution in [0.5, 0.6) is 0 Å². The molecule has 0 aromatic rings. The van der Waals surface area contributed by atoms with Crippen molar-refractivity contribution in [3.8, 4) is 0 Å². The quantitative estimate of drug-likeness (QED) is 0.332. The fourth-order valence-corrected chi connectivity index (χ4v) is 0.536. The molecule has 0 fully saturated rings. The SMILES string of the molecule is CCC(N=C(N)N)C(N)=O. The molecular weight excluding hydrogens is 132 g/mol. The number of carbonyl (C=O) groups is 1. The van der Waals surface area contributed by atoms with Crippen LogP contribution in [0.1, 0.15) is 13.3 Å². The molecule has 5 heteroatoms. The van der Waals surface area contributed by atoms with Crippen molar-refractivity contribution in [2.75, 3.05) is 0 Å². The first-order valence-corrected chi connectivity index (χ1v) is 2.96. The van der Waals surface area contributed by atoms with Crippen LogP contribution in [0.3, 0.4) is 0 Å². The van der Waals surface area contributed by atoms with Crippen molar-refractivity contribution in [3.05, 3.63) is 0 Å². The van der Waals surface area contributed by atoms with E-state index >= 15 is 0 Å². The van der Waals surface area contributed by atoms with Crippen molar-refractivity contribution in [2.24, 2.45) is 22.2 Å². The molecule has 0 saturated carbocycles. The first-order valence-electron chi connectivity index (χ1n) is 2.96. The molecule has 0 aromatic heterocycles. The predicted molar refractivity (Wildman–Crippen MR) is 39.1 cm³/mol. The summed E-state index contributed by atoms with van der Waals surface area (Å²) >= 11 is 0. The summed E-state index contributed by atoms with van der Waals surface area (Å²) in [5, 5.41) is 0. The van der Waals surface area contributed by atoms with E-state index in [9.17, 15) is 4.79 Å². The van der Waals surface area contributed by atoms with Gasteiger partial charge in [-0.1, -0.05) is 6.92 Å². The van der Waals surface area contributed by atoms with E-state index in [-0.39, 0.29) is 5.96 Å². The van der Waals surface area contributed by atoms with Crippen LogP contribution in [-0.2, 0) is 4.79 Å². The van der Waals surface area contributed by atoms with E-state index in [1.807, 2.05) is 0 Å². The molecule has 0 rings (SSSR count). The molecule has 0 aliphatic heterocycles. The minimum absolute atomic E-state index is 0.106. The molecule has 0 aliphatic rings. The van der Waals surface area contributed by atoms with Crippen LogP contribution in [0.15, 0.2) is 4.99 Å². The summed E-state index contributed by atoms with van der Waals surface area (Å²) in [6.45, 7) is 1.78. The van der Waals surface area contributed by atoms with E-state index in [4.69, 9.17) is 17.2 Å². The molecule has 0 bridgehead atoms. The highest BCUT2D eigenvalue weighted by Crippen LogP contribution is 1.93.